The molecule has 0 spiro atoms. The summed E-state index contributed by atoms with van der Waals surface area (Å²) in [7, 11) is 1.31. The second kappa shape index (κ2) is 3.90. The molecule has 2 rings (SSSR count). The van der Waals surface area contributed by atoms with Gasteiger partial charge in [0, 0.05) is 12.1 Å². The van der Waals surface area contributed by atoms with Gasteiger partial charge < -0.3 is 4.74 Å². The number of methoxy groups -OCH3 is 1. The number of nitrogens with zero attached hydrogens (tertiary/aromatic N) is 1. The van der Waals surface area contributed by atoms with Gasteiger partial charge in [-0.2, -0.15) is 0 Å². The first-order valence-electron chi connectivity index (χ1n) is 4.71. The lowest BCUT2D eigenvalue weighted by Gasteiger charge is -1.97. The molecule has 2 unspecified atom stereocenters. The van der Waals surface area contributed by atoms with Gasteiger partial charge in [-0.3, -0.25) is 20.2 Å². The summed E-state index contributed by atoms with van der Waals surface area (Å²) in [6.07, 6.45) is 0. The molecule has 1 aromatic rings. The Kier molecular flexibility index (Phi) is 2.57. The minimum atomic E-state index is -0.459. The number of hydrogen-bond donors (Lipinski definition) is 1. The van der Waals surface area contributed by atoms with Gasteiger partial charge in [0.25, 0.3) is 5.69 Å². The highest BCUT2D eigenvalue weighted by Crippen LogP contribution is 2.32. The average molecular weight is 222 g/mol. The van der Waals surface area contributed by atoms with E-state index >= 15 is 0 Å². The standard InChI is InChI=1S/C10H10N2O4/c1-16-10(13)9-8(11-9)6-3-2-4-7(5-6)12(14)15/h2-5,8-9,11H,1H3. The molecule has 1 heterocycles. The van der Waals surface area contributed by atoms with Crippen LogP contribution in [0.25, 0.3) is 0 Å². The summed E-state index contributed by atoms with van der Waals surface area (Å²) in [6, 6.07) is 5.66. The lowest BCUT2D eigenvalue weighted by Crippen LogP contribution is -2.11. The average Bonchev–Trinajstić information content (AvgIpc) is 3.08. The predicted molar refractivity (Wildman–Crippen MR) is 54.8 cm³/mol. The first-order chi connectivity index (χ1) is 7.63. The van der Waals surface area contributed by atoms with Gasteiger partial charge in [0.2, 0.25) is 0 Å². The van der Waals surface area contributed by atoms with Crippen LogP contribution in [0.1, 0.15) is 11.6 Å². The number of rotatable bonds is 3. The Morgan fingerprint density at radius 2 is 2.31 bits per heavy atom. The van der Waals surface area contributed by atoms with E-state index in [4.69, 9.17) is 0 Å². The predicted octanol–water partition coefficient (Wildman–Crippen LogP) is 0.781. The van der Waals surface area contributed by atoms with E-state index in [1.165, 1.54) is 19.2 Å². The fourth-order valence-corrected chi connectivity index (χ4v) is 1.59. The smallest absolute Gasteiger partial charge is 0.324 e. The normalized spacial score (nSPS) is 22.6. The highest BCUT2D eigenvalue weighted by molar-refractivity contribution is 5.80. The molecule has 1 N–H and O–H groups in total. The molecule has 16 heavy (non-hydrogen) atoms. The summed E-state index contributed by atoms with van der Waals surface area (Å²) in [5.74, 6) is -0.350. The van der Waals surface area contributed by atoms with Gasteiger partial charge in [-0.25, -0.2) is 0 Å². The Hall–Kier alpha value is -1.95. The van der Waals surface area contributed by atoms with Crippen LogP contribution < -0.4 is 5.32 Å². The summed E-state index contributed by atoms with van der Waals surface area (Å²) < 4.78 is 4.57. The number of nitrogens with one attached hydrogen (secondary N) is 1. The summed E-state index contributed by atoms with van der Waals surface area (Å²) in [4.78, 5) is 21.3. The van der Waals surface area contributed by atoms with Crippen molar-refractivity contribution in [1.82, 2.24) is 5.32 Å². The van der Waals surface area contributed by atoms with Gasteiger partial charge in [0.1, 0.15) is 6.04 Å². The third-order valence-corrected chi connectivity index (χ3v) is 2.48. The second-order valence-corrected chi connectivity index (χ2v) is 3.50. The maximum Gasteiger partial charge on any atom is 0.324 e. The molecule has 1 aromatic carbocycles. The zero-order chi connectivity index (χ0) is 11.7. The molecule has 0 saturated carbocycles. The highest BCUT2D eigenvalue weighted by Gasteiger charge is 2.44. The number of nitro benzene ring substituents is 1. The van der Waals surface area contributed by atoms with Crippen LogP contribution in [0.15, 0.2) is 24.3 Å². The van der Waals surface area contributed by atoms with Crippen molar-refractivity contribution < 1.29 is 14.5 Å². The molecule has 6 nitrogen and oxygen atoms in total. The largest absolute Gasteiger partial charge is 0.468 e. The zero-order valence-electron chi connectivity index (χ0n) is 8.54. The molecule has 0 amide bonds. The first-order valence-corrected chi connectivity index (χ1v) is 4.71. The van der Waals surface area contributed by atoms with Crippen LogP contribution >= 0.6 is 0 Å². The Bertz CT molecular complexity index is 446. The van der Waals surface area contributed by atoms with Crippen LogP contribution in [0.2, 0.25) is 0 Å². The number of carbonyl (C=O) groups is 1. The Labute approximate surface area is 91.4 Å². The summed E-state index contributed by atoms with van der Waals surface area (Å²) in [5.41, 5.74) is 0.749. The number of hydrogen-bond acceptors (Lipinski definition) is 5. The van der Waals surface area contributed by atoms with E-state index in [2.05, 4.69) is 10.1 Å². The third-order valence-electron chi connectivity index (χ3n) is 2.48. The van der Waals surface area contributed by atoms with Crippen LogP contribution in [0.3, 0.4) is 0 Å². The fraction of sp³-hybridized carbons (Fsp3) is 0.300. The van der Waals surface area contributed by atoms with Crippen LogP contribution in [0.4, 0.5) is 5.69 Å². The molecule has 0 radical (unpaired) electrons. The molecule has 1 aliphatic rings. The SMILES string of the molecule is COC(=O)C1NC1c1cccc([N+](=O)[O-])c1. The Balaban J connectivity index is 2.15. The van der Waals surface area contributed by atoms with Crippen LogP contribution in [-0.2, 0) is 9.53 Å². The lowest BCUT2D eigenvalue weighted by atomic mass is 10.1. The number of non-ortho nitro benzene ring substituents is 1. The molecule has 6 heteroatoms. The van der Waals surface area contributed by atoms with Crippen LogP contribution in [-0.4, -0.2) is 24.0 Å². The molecule has 0 bridgehead atoms. The van der Waals surface area contributed by atoms with E-state index in [0.29, 0.717) is 0 Å². The summed E-state index contributed by atoms with van der Waals surface area (Å²) in [5, 5.41) is 13.5. The van der Waals surface area contributed by atoms with Crippen molar-refractivity contribution >= 4 is 11.7 Å². The van der Waals surface area contributed by atoms with Crippen molar-refractivity contribution in [2.75, 3.05) is 7.11 Å². The van der Waals surface area contributed by atoms with E-state index in [-0.39, 0.29) is 23.7 Å². The van der Waals surface area contributed by atoms with Crippen molar-refractivity contribution in [3.05, 3.63) is 39.9 Å². The Morgan fingerprint density at radius 3 is 2.94 bits per heavy atom. The summed E-state index contributed by atoms with van der Waals surface area (Å²) >= 11 is 0. The highest BCUT2D eigenvalue weighted by atomic mass is 16.6. The molecular formula is C10H10N2O4. The third kappa shape index (κ3) is 1.87. The van der Waals surface area contributed by atoms with Gasteiger partial charge in [0.05, 0.1) is 18.1 Å². The monoisotopic (exact) mass is 222 g/mol. The van der Waals surface area contributed by atoms with E-state index in [0.717, 1.165) is 5.56 Å². The quantitative estimate of drug-likeness (QED) is 0.353. The van der Waals surface area contributed by atoms with Gasteiger partial charge in [0.15, 0.2) is 0 Å². The van der Waals surface area contributed by atoms with Gasteiger partial charge >= 0.3 is 5.97 Å². The first kappa shape index (κ1) is 10.6. The number of esters is 1. The van der Waals surface area contributed by atoms with E-state index in [1.807, 2.05) is 0 Å². The minimum Gasteiger partial charge on any atom is -0.468 e. The zero-order valence-corrected chi connectivity index (χ0v) is 8.54. The van der Waals surface area contributed by atoms with Crippen molar-refractivity contribution in [2.24, 2.45) is 0 Å². The molecule has 1 fully saturated rings. The van der Waals surface area contributed by atoms with Crippen LogP contribution in [0.5, 0.6) is 0 Å². The van der Waals surface area contributed by atoms with E-state index in [9.17, 15) is 14.9 Å². The van der Waals surface area contributed by atoms with Crippen molar-refractivity contribution in [3.63, 3.8) is 0 Å². The number of nitro groups is 1. The molecule has 84 valence electrons. The molecule has 0 aromatic heterocycles. The summed E-state index contributed by atoms with van der Waals surface area (Å²) in [6.45, 7) is 0. The molecule has 1 saturated heterocycles. The maximum atomic E-state index is 11.2. The van der Waals surface area contributed by atoms with E-state index in [1.54, 1.807) is 12.1 Å². The van der Waals surface area contributed by atoms with Crippen molar-refractivity contribution in [1.29, 1.82) is 0 Å². The van der Waals surface area contributed by atoms with Gasteiger partial charge in [-0.05, 0) is 5.56 Å². The maximum absolute atomic E-state index is 11.2. The second-order valence-electron chi connectivity index (χ2n) is 3.50. The molecule has 0 aliphatic carbocycles. The molecule has 1 aliphatic heterocycles. The van der Waals surface area contributed by atoms with E-state index < -0.39 is 4.92 Å². The van der Waals surface area contributed by atoms with Gasteiger partial charge in [-0.1, -0.05) is 12.1 Å². The molecule has 2 atom stereocenters. The number of benzene rings is 1. The van der Waals surface area contributed by atoms with Crippen LogP contribution in [0, 0.1) is 10.1 Å². The topological polar surface area (TPSA) is 91.4 Å². The van der Waals surface area contributed by atoms with Crippen molar-refractivity contribution in [3.8, 4) is 0 Å². The number of ether oxygens (including phenoxy) is 1. The Morgan fingerprint density at radius 1 is 1.56 bits per heavy atom. The lowest BCUT2D eigenvalue weighted by molar-refractivity contribution is -0.384. The van der Waals surface area contributed by atoms with Gasteiger partial charge in [-0.15, -0.1) is 0 Å². The molecular weight excluding hydrogens is 212 g/mol. The number of carbonyl (C=O) groups excluding carboxylic acids is 1. The van der Waals surface area contributed by atoms with Crippen molar-refractivity contribution in [2.45, 2.75) is 12.1 Å². The minimum absolute atomic E-state index is 0.0230. The fourth-order valence-electron chi connectivity index (χ4n) is 1.59.